The van der Waals surface area contributed by atoms with Crippen LogP contribution in [0.2, 0.25) is 0 Å². The number of unbranched alkanes of at least 4 members (excludes halogenated alkanes) is 1. The summed E-state index contributed by atoms with van der Waals surface area (Å²) < 4.78 is 0. The van der Waals surface area contributed by atoms with Crippen LogP contribution in [-0.2, 0) is 0 Å². The van der Waals surface area contributed by atoms with Crippen LogP contribution < -0.4 is 5.73 Å². The minimum absolute atomic E-state index is 0.00921. The zero-order valence-corrected chi connectivity index (χ0v) is 7.58. The molecular weight excluding hydrogens is 142 g/mol. The van der Waals surface area contributed by atoms with Crippen molar-refractivity contribution in [2.24, 2.45) is 5.73 Å². The quantitative estimate of drug-likeness (QED) is 0.565. The van der Waals surface area contributed by atoms with E-state index in [2.05, 4.69) is 6.92 Å². The Morgan fingerprint density at radius 2 is 1.73 bits per heavy atom. The number of hydrogen-bond acceptors (Lipinski definition) is 3. The fourth-order valence-corrected chi connectivity index (χ4v) is 0.558. The summed E-state index contributed by atoms with van der Waals surface area (Å²) in [6.07, 6.45) is 3.24. The molecule has 0 aromatic rings. The van der Waals surface area contributed by atoms with Gasteiger partial charge in [0.2, 0.25) is 0 Å². The van der Waals surface area contributed by atoms with Crippen LogP contribution in [0.3, 0.4) is 0 Å². The highest BCUT2D eigenvalue weighted by Crippen LogP contribution is 1.95. The lowest BCUT2D eigenvalue weighted by Crippen LogP contribution is -2.23. The Labute approximate surface area is 69.2 Å². The van der Waals surface area contributed by atoms with Gasteiger partial charge in [-0.2, -0.15) is 0 Å². The lowest BCUT2D eigenvalue weighted by atomic mass is 10.1. The average Bonchev–Trinajstić information content (AvgIpc) is 2.02. The first-order valence-corrected chi connectivity index (χ1v) is 4.20. The van der Waals surface area contributed by atoms with Crippen molar-refractivity contribution in [3.05, 3.63) is 0 Å². The van der Waals surface area contributed by atoms with Crippen molar-refractivity contribution < 1.29 is 10.2 Å². The Hall–Kier alpha value is -0.120. The van der Waals surface area contributed by atoms with Crippen LogP contribution in [0, 0.1) is 0 Å². The van der Waals surface area contributed by atoms with Crippen LogP contribution >= 0.6 is 0 Å². The molecule has 0 spiro atoms. The average molecular weight is 163 g/mol. The fraction of sp³-hybridized carbons (Fsp3) is 1.00. The summed E-state index contributed by atoms with van der Waals surface area (Å²) in [6, 6.07) is 0.00921. The molecule has 70 valence electrons. The molecule has 0 bridgehead atoms. The Morgan fingerprint density at radius 1 is 1.27 bits per heavy atom. The number of nitrogens with two attached hydrogens (primary N) is 1. The van der Waals surface area contributed by atoms with Gasteiger partial charge < -0.3 is 15.9 Å². The highest BCUT2D eigenvalue weighted by atomic mass is 16.3. The Morgan fingerprint density at radius 3 is 2.00 bits per heavy atom. The summed E-state index contributed by atoms with van der Waals surface area (Å²) in [5, 5.41) is 16.0. The van der Waals surface area contributed by atoms with Gasteiger partial charge in [-0.25, -0.2) is 0 Å². The molecule has 0 aromatic carbocycles. The molecule has 0 saturated heterocycles. The molecule has 3 heteroatoms. The Bertz CT molecular complexity index is 60.1. The minimum Gasteiger partial charge on any atom is -0.397 e. The van der Waals surface area contributed by atoms with Gasteiger partial charge in [0.15, 0.2) is 0 Å². The van der Waals surface area contributed by atoms with Gasteiger partial charge in [0.05, 0.1) is 6.61 Å². The van der Waals surface area contributed by atoms with E-state index in [4.69, 9.17) is 15.9 Å². The van der Waals surface area contributed by atoms with Crippen LogP contribution in [0.15, 0.2) is 0 Å². The molecule has 0 heterocycles. The predicted molar refractivity (Wildman–Crippen MR) is 47.3 cm³/mol. The van der Waals surface area contributed by atoms with Gasteiger partial charge in [0.25, 0.3) is 0 Å². The summed E-state index contributed by atoms with van der Waals surface area (Å²) in [5.74, 6) is 0. The van der Waals surface area contributed by atoms with Crippen LogP contribution in [0.4, 0.5) is 0 Å². The van der Waals surface area contributed by atoms with Crippen LogP contribution in [0.1, 0.15) is 33.1 Å². The third-order valence-electron chi connectivity index (χ3n) is 1.16. The van der Waals surface area contributed by atoms with E-state index in [1.165, 1.54) is 0 Å². The molecule has 0 aliphatic carbocycles. The van der Waals surface area contributed by atoms with Crippen molar-refractivity contribution in [1.29, 1.82) is 0 Å². The maximum absolute atomic E-state index is 8.44. The van der Waals surface area contributed by atoms with E-state index in [0.717, 1.165) is 19.3 Å². The van der Waals surface area contributed by atoms with Crippen molar-refractivity contribution in [3.8, 4) is 0 Å². The van der Waals surface area contributed by atoms with Crippen molar-refractivity contribution in [1.82, 2.24) is 0 Å². The molecule has 0 aromatic heterocycles. The molecule has 0 amide bonds. The zero-order valence-electron chi connectivity index (χ0n) is 7.58. The SMILES string of the molecule is CCCCC(N)CO.CCO. The zero-order chi connectivity index (χ0) is 9.11. The monoisotopic (exact) mass is 163 g/mol. The first-order chi connectivity index (χ1) is 5.22. The molecular formula is C8H21NO2. The molecule has 0 fully saturated rings. The lowest BCUT2D eigenvalue weighted by molar-refractivity contribution is 0.258. The van der Waals surface area contributed by atoms with E-state index in [0.29, 0.717) is 0 Å². The third-order valence-corrected chi connectivity index (χ3v) is 1.16. The molecule has 4 N–H and O–H groups in total. The fourth-order valence-electron chi connectivity index (χ4n) is 0.558. The summed E-state index contributed by atoms with van der Waals surface area (Å²) in [6.45, 7) is 4.17. The highest BCUT2D eigenvalue weighted by molar-refractivity contribution is 4.56. The van der Waals surface area contributed by atoms with Gasteiger partial charge in [-0.15, -0.1) is 0 Å². The Kier molecular flexibility index (Phi) is 15.4. The maximum Gasteiger partial charge on any atom is 0.0582 e. The molecule has 3 nitrogen and oxygen atoms in total. The molecule has 0 radical (unpaired) electrons. The number of aliphatic hydroxyl groups excluding tert-OH is 2. The van der Waals surface area contributed by atoms with Gasteiger partial charge >= 0.3 is 0 Å². The summed E-state index contributed by atoms with van der Waals surface area (Å²) in [5.41, 5.74) is 5.41. The molecule has 1 atom stereocenters. The first-order valence-electron chi connectivity index (χ1n) is 4.20. The van der Waals surface area contributed by atoms with Gasteiger partial charge in [0.1, 0.15) is 0 Å². The van der Waals surface area contributed by atoms with E-state index >= 15 is 0 Å². The van der Waals surface area contributed by atoms with E-state index in [1.54, 1.807) is 6.92 Å². The van der Waals surface area contributed by atoms with Crippen LogP contribution in [0.25, 0.3) is 0 Å². The summed E-state index contributed by atoms with van der Waals surface area (Å²) in [7, 11) is 0. The molecule has 0 aliphatic heterocycles. The van der Waals surface area contributed by atoms with E-state index < -0.39 is 0 Å². The first kappa shape index (κ1) is 13.5. The standard InChI is InChI=1S/C6H15NO.C2H6O/c1-2-3-4-6(7)5-8;1-2-3/h6,8H,2-5,7H2,1H3;3H,2H2,1H3. The van der Waals surface area contributed by atoms with Crippen LogP contribution in [0.5, 0.6) is 0 Å². The van der Waals surface area contributed by atoms with Crippen LogP contribution in [-0.4, -0.2) is 29.5 Å². The van der Waals surface area contributed by atoms with E-state index in [9.17, 15) is 0 Å². The van der Waals surface area contributed by atoms with Gasteiger partial charge in [-0.1, -0.05) is 19.8 Å². The largest absolute Gasteiger partial charge is 0.397 e. The minimum atomic E-state index is 0.00921. The maximum atomic E-state index is 8.44. The van der Waals surface area contributed by atoms with Crippen molar-refractivity contribution in [2.45, 2.75) is 39.2 Å². The Balaban J connectivity index is 0. The lowest BCUT2D eigenvalue weighted by Gasteiger charge is -2.04. The topological polar surface area (TPSA) is 66.5 Å². The van der Waals surface area contributed by atoms with E-state index in [1.807, 2.05) is 0 Å². The number of rotatable bonds is 4. The molecule has 11 heavy (non-hydrogen) atoms. The number of hydrogen-bond donors (Lipinski definition) is 3. The molecule has 1 unspecified atom stereocenters. The van der Waals surface area contributed by atoms with Crippen molar-refractivity contribution in [2.75, 3.05) is 13.2 Å². The molecule has 0 rings (SSSR count). The van der Waals surface area contributed by atoms with Gasteiger partial charge in [-0.05, 0) is 13.3 Å². The second-order valence-corrected chi connectivity index (χ2v) is 2.40. The van der Waals surface area contributed by atoms with E-state index in [-0.39, 0.29) is 19.3 Å². The third kappa shape index (κ3) is 17.7. The summed E-state index contributed by atoms with van der Waals surface area (Å²) in [4.78, 5) is 0. The second-order valence-electron chi connectivity index (χ2n) is 2.40. The predicted octanol–water partition coefficient (Wildman–Crippen LogP) is 0.495. The van der Waals surface area contributed by atoms with Crippen molar-refractivity contribution >= 4 is 0 Å². The summed E-state index contributed by atoms with van der Waals surface area (Å²) >= 11 is 0. The molecule has 0 aliphatic rings. The number of aliphatic hydroxyl groups is 2. The van der Waals surface area contributed by atoms with Gasteiger partial charge in [-0.3, -0.25) is 0 Å². The highest BCUT2D eigenvalue weighted by Gasteiger charge is 1.96. The normalized spacial score (nSPS) is 11.7. The molecule has 0 saturated carbocycles. The van der Waals surface area contributed by atoms with Crippen molar-refractivity contribution in [3.63, 3.8) is 0 Å². The second kappa shape index (κ2) is 12.5. The smallest absolute Gasteiger partial charge is 0.0582 e. The van der Waals surface area contributed by atoms with Gasteiger partial charge in [0, 0.05) is 12.6 Å².